The summed E-state index contributed by atoms with van der Waals surface area (Å²) in [6.07, 6.45) is 2.81. The van der Waals surface area contributed by atoms with Crippen LogP contribution in [0.1, 0.15) is 49.4 Å². The topological polar surface area (TPSA) is 41.5 Å². The van der Waals surface area contributed by atoms with Crippen LogP contribution in [0.3, 0.4) is 0 Å². The minimum Gasteiger partial charge on any atom is -0.273 e. The largest absolute Gasteiger partial charge is 0.273 e. The Balaban J connectivity index is 1.79. The average molecular weight is 322 g/mol. The molecule has 0 aliphatic rings. The fourth-order valence-corrected chi connectivity index (χ4v) is 2.32. The first kappa shape index (κ1) is 17.9. The Bertz CT molecular complexity index is 692. The number of benzene rings is 2. The van der Waals surface area contributed by atoms with Gasteiger partial charge in [0.05, 0.1) is 6.21 Å². The molecule has 1 N–H and O–H groups in total. The fraction of sp³-hybridized carbons (Fsp3) is 0.333. The molecular weight excluding hydrogens is 296 g/mol. The smallest absolute Gasteiger partial charge is 0.240 e. The van der Waals surface area contributed by atoms with Gasteiger partial charge in [0.25, 0.3) is 0 Å². The van der Waals surface area contributed by atoms with Crippen LogP contribution in [0.4, 0.5) is 0 Å². The highest BCUT2D eigenvalue weighted by Crippen LogP contribution is 2.22. The molecule has 3 nitrogen and oxygen atoms in total. The van der Waals surface area contributed by atoms with Crippen molar-refractivity contribution >= 4 is 12.1 Å². The standard InChI is InChI=1S/C21H26N2O/c1-16-5-7-18(8-6-16)15-22-23-20(24)14-11-17-9-12-19(13-10-17)21(2,3)4/h5-10,12-13,15H,11,14H2,1-4H3,(H,23,24)/b22-15+. The van der Waals surface area contributed by atoms with E-state index in [1.165, 1.54) is 16.7 Å². The van der Waals surface area contributed by atoms with Gasteiger partial charge >= 0.3 is 0 Å². The van der Waals surface area contributed by atoms with E-state index < -0.39 is 0 Å². The van der Waals surface area contributed by atoms with Crippen molar-refractivity contribution in [2.75, 3.05) is 0 Å². The van der Waals surface area contributed by atoms with Gasteiger partial charge in [0.15, 0.2) is 0 Å². The molecule has 0 aliphatic heterocycles. The highest BCUT2D eigenvalue weighted by atomic mass is 16.2. The van der Waals surface area contributed by atoms with Crippen molar-refractivity contribution < 1.29 is 4.79 Å². The van der Waals surface area contributed by atoms with Crippen molar-refractivity contribution in [1.82, 2.24) is 5.43 Å². The Morgan fingerprint density at radius 3 is 2.25 bits per heavy atom. The first-order valence-corrected chi connectivity index (χ1v) is 8.32. The van der Waals surface area contributed by atoms with Gasteiger partial charge in [0.2, 0.25) is 5.91 Å². The Hall–Kier alpha value is -2.42. The van der Waals surface area contributed by atoms with Crippen LogP contribution in [0, 0.1) is 6.92 Å². The molecule has 0 atom stereocenters. The van der Waals surface area contributed by atoms with E-state index in [1.54, 1.807) is 6.21 Å². The second-order valence-corrected chi connectivity index (χ2v) is 7.15. The van der Waals surface area contributed by atoms with Crippen LogP contribution in [0.2, 0.25) is 0 Å². The first-order valence-electron chi connectivity index (χ1n) is 8.32. The van der Waals surface area contributed by atoms with Gasteiger partial charge in [-0.1, -0.05) is 74.9 Å². The second-order valence-electron chi connectivity index (χ2n) is 7.15. The van der Waals surface area contributed by atoms with Crippen molar-refractivity contribution in [2.24, 2.45) is 5.10 Å². The van der Waals surface area contributed by atoms with Gasteiger partial charge in [-0.05, 0) is 35.4 Å². The van der Waals surface area contributed by atoms with E-state index in [4.69, 9.17) is 0 Å². The molecule has 0 unspecified atom stereocenters. The number of carbonyl (C=O) groups is 1. The van der Waals surface area contributed by atoms with Crippen molar-refractivity contribution in [3.63, 3.8) is 0 Å². The molecule has 0 heterocycles. The summed E-state index contributed by atoms with van der Waals surface area (Å²) in [4.78, 5) is 11.9. The molecular formula is C21H26N2O. The summed E-state index contributed by atoms with van der Waals surface area (Å²) in [5.74, 6) is -0.0711. The minimum atomic E-state index is -0.0711. The number of nitrogens with zero attached hydrogens (tertiary/aromatic N) is 1. The number of hydrazone groups is 1. The molecule has 126 valence electrons. The van der Waals surface area contributed by atoms with Crippen LogP contribution in [-0.4, -0.2) is 12.1 Å². The number of aryl methyl sites for hydroxylation is 2. The van der Waals surface area contributed by atoms with Crippen LogP contribution in [0.25, 0.3) is 0 Å². The van der Waals surface area contributed by atoms with Crippen LogP contribution in [0.15, 0.2) is 53.6 Å². The zero-order valence-corrected chi connectivity index (χ0v) is 15.0. The quantitative estimate of drug-likeness (QED) is 0.644. The van der Waals surface area contributed by atoms with E-state index in [9.17, 15) is 4.79 Å². The normalized spacial score (nSPS) is 11.7. The summed E-state index contributed by atoms with van der Waals surface area (Å²) in [7, 11) is 0. The number of hydrogen-bond donors (Lipinski definition) is 1. The third kappa shape index (κ3) is 5.65. The molecule has 0 bridgehead atoms. The predicted molar refractivity (Wildman–Crippen MR) is 100 cm³/mol. The predicted octanol–water partition coefficient (Wildman–Crippen LogP) is 4.38. The minimum absolute atomic E-state index is 0.0711. The lowest BCUT2D eigenvalue weighted by atomic mass is 9.86. The number of amides is 1. The molecule has 0 spiro atoms. The van der Waals surface area contributed by atoms with E-state index in [1.807, 2.05) is 31.2 Å². The molecule has 2 aromatic carbocycles. The molecule has 2 rings (SSSR count). The van der Waals surface area contributed by atoms with E-state index in [2.05, 4.69) is 55.6 Å². The lowest BCUT2D eigenvalue weighted by Crippen LogP contribution is -2.18. The molecule has 2 aromatic rings. The Kier molecular flexibility index (Phi) is 5.91. The maximum atomic E-state index is 11.9. The molecule has 0 saturated carbocycles. The highest BCUT2D eigenvalue weighted by molar-refractivity contribution is 5.82. The molecule has 0 aromatic heterocycles. The van der Waals surface area contributed by atoms with Gasteiger partial charge in [0.1, 0.15) is 0 Å². The van der Waals surface area contributed by atoms with Crippen LogP contribution in [-0.2, 0) is 16.6 Å². The fourth-order valence-electron chi connectivity index (χ4n) is 2.32. The maximum Gasteiger partial charge on any atom is 0.240 e. The molecule has 0 aliphatic carbocycles. The summed E-state index contributed by atoms with van der Waals surface area (Å²) >= 11 is 0. The van der Waals surface area contributed by atoms with E-state index >= 15 is 0 Å². The maximum absolute atomic E-state index is 11.9. The number of carbonyl (C=O) groups excluding carboxylic acids is 1. The van der Waals surface area contributed by atoms with Crippen LogP contribution in [0.5, 0.6) is 0 Å². The third-order valence-corrected chi connectivity index (χ3v) is 3.94. The first-order chi connectivity index (χ1) is 11.3. The van der Waals surface area contributed by atoms with E-state index in [0.717, 1.165) is 12.0 Å². The Morgan fingerprint density at radius 2 is 1.67 bits per heavy atom. The summed E-state index contributed by atoms with van der Waals surface area (Å²) in [6.45, 7) is 8.63. The van der Waals surface area contributed by atoms with Gasteiger partial charge in [0, 0.05) is 6.42 Å². The number of rotatable bonds is 5. The molecule has 0 radical (unpaired) electrons. The molecule has 1 amide bonds. The van der Waals surface area contributed by atoms with Crippen molar-refractivity contribution in [3.05, 3.63) is 70.8 Å². The van der Waals surface area contributed by atoms with Gasteiger partial charge in [-0.25, -0.2) is 5.43 Å². The third-order valence-electron chi connectivity index (χ3n) is 3.94. The monoisotopic (exact) mass is 322 g/mol. The lowest BCUT2D eigenvalue weighted by molar-refractivity contribution is -0.121. The average Bonchev–Trinajstić information content (AvgIpc) is 2.54. The van der Waals surface area contributed by atoms with E-state index in [-0.39, 0.29) is 11.3 Å². The number of hydrogen-bond acceptors (Lipinski definition) is 2. The van der Waals surface area contributed by atoms with Gasteiger partial charge in [-0.2, -0.15) is 5.10 Å². The molecule has 0 fully saturated rings. The zero-order valence-electron chi connectivity index (χ0n) is 15.0. The van der Waals surface area contributed by atoms with E-state index in [0.29, 0.717) is 6.42 Å². The summed E-state index contributed by atoms with van der Waals surface area (Å²) in [5.41, 5.74) is 7.38. The molecule has 24 heavy (non-hydrogen) atoms. The zero-order chi connectivity index (χ0) is 17.6. The highest BCUT2D eigenvalue weighted by Gasteiger charge is 2.12. The van der Waals surface area contributed by atoms with Crippen molar-refractivity contribution in [3.8, 4) is 0 Å². The SMILES string of the molecule is Cc1ccc(/C=N/NC(=O)CCc2ccc(C(C)(C)C)cc2)cc1. The Morgan fingerprint density at radius 1 is 1.04 bits per heavy atom. The lowest BCUT2D eigenvalue weighted by Gasteiger charge is -2.19. The van der Waals surface area contributed by atoms with Gasteiger partial charge < -0.3 is 0 Å². The van der Waals surface area contributed by atoms with Crippen LogP contribution < -0.4 is 5.43 Å². The summed E-state index contributed by atoms with van der Waals surface area (Å²) in [5, 5.41) is 4.01. The number of nitrogens with one attached hydrogen (secondary N) is 1. The van der Waals surface area contributed by atoms with Crippen molar-refractivity contribution in [2.45, 2.75) is 46.0 Å². The van der Waals surface area contributed by atoms with Gasteiger partial charge in [-0.15, -0.1) is 0 Å². The Labute approximate surface area is 144 Å². The molecule has 3 heteroatoms. The second kappa shape index (κ2) is 7.91. The summed E-state index contributed by atoms with van der Waals surface area (Å²) < 4.78 is 0. The van der Waals surface area contributed by atoms with Crippen LogP contribution >= 0.6 is 0 Å². The summed E-state index contributed by atoms with van der Waals surface area (Å²) in [6, 6.07) is 16.5. The van der Waals surface area contributed by atoms with Gasteiger partial charge in [-0.3, -0.25) is 4.79 Å². The molecule has 0 saturated heterocycles. The van der Waals surface area contributed by atoms with Crippen molar-refractivity contribution in [1.29, 1.82) is 0 Å².